The number of anilines is 1. The van der Waals surface area contributed by atoms with Crippen molar-refractivity contribution in [2.45, 2.75) is 46.7 Å². The molecule has 1 fully saturated rings. The molecule has 35 heavy (non-hydrogen) atoms. The fraction of sp³-hybridized carbons (Fsp3) is 0.407. The average Bonchev–Trinajstić information content (AvgIpc) is 3.43. The molecule has 4 rings (SSSR count). The molecule has 0 spiro atoms. The van der Waals surface area contributed by atoms with Crippen LogP contribution < -0.4 is 10.1 Å². The average molecular weight is 518 g/mol. The third kappa shape index (κ3) is 7.47. The quantitative estimate of drug-likeness (QED) is 0.367. The molecular weight excluding hydrogens is 483 g/mol. The molecule has 1 N–H and O–H groups in total. The summed E-state index contributed by atoms with van der Waals surface area (Å²) in [5, 5.41) is 8.18. The molecule has 2 heterocycles. The highest BCUT2D eigenvalue weighted by atomic mass is 35.5. The van der Waals surface area contributed by atoms with Crippen molar-refractivity contribution in [2.75, 3.05) is 25.0 Å². The maximum atomic E-state index is 12.8. The van der Waals surface area contributed by atoms with Gasteiger partial charge in [-0.1, -0.05) is 37.6 Å². The third-order valence-electron chi connectivity index (χ3n) is 5.96. The van der Waals surface area contributed by atoms with E-state index in [1.165, 1.54) is 18.4 Å². The molecule has 0 aliphatic carbocycles. The third-order valence-corrected chi connectivity index (χ3v) is 6.19. The van der Waals surface area contributed by atoms with Crippen molar-refractivity contribution >= 4 is 35.7 Å². The van der Waals surface area contributed by atoms with Crippen LogP contribution in [-0.4, -0.2) is 40.3 Å². The van der Waals surface area contributed by atoms with E-state index < -0.39 is 0 Å². The highest BCUT2D eigenvalue weighted by Gasteiger charge is 2.14. The van der Waals surface area contributed by atoms with Gasteiger partial charge in [-0.3, -0.25) is 14.4 Å². The number of benzene rings is 2. The number of rotatable bonds is 9. The molecular formula is C27H34Cl2N4O2. The van der Waals surface area contributed by atoms with Gasteiger partial charge in [-0.25, -0.2) is 0 Å². The molecule has 1 amide bonds. The minimum absolute atomic E-state index is 0. The van der Waals surface area contributed by atoms with Crippen LogP contribution in [0, 0.1) is 12.8 Å². The zero-order valence-corrected chi connectivity index (χ0v) is 22.2. The van der Waals surface area contributed by atoms with Gasteiger partial charge in [0.2, 0.25) is 0 Å². The van der Waals surface area contributed by atoms with Crippen LogP contribution in [-0.2, 0) is 13.1 Å². The van der Waals surface area contributed by atoms with Crippen molar-refractivity contribution in [2.24, 2.45) is 5.92 Å². The topological polar surface area (TPSA) is 59.4 Å². The number of hydrogen-bond acceptors (Lipinski definition) is 4. The second-order valence-corrected chi connectivity index (χ2v) is 9.86. The molecule has 3 aromatic rings. The molecule has 0 radical (unpaired) electrons. The number of nitrogens with one attached hydrogen (secondary N) is 1. The minimum Gasteiger partial charge on any atom is -0.493 e. The van der Waals surface area contributed by atoms with Gasteiger partial charge in [0, 0.05) is 34.5 Å². The Hall–Kier alpha value is -2.54. The number of amides is 1. The molecule has 1 aliphatic heterocycles. The van der Waals surface area contributed by atoms with E-state index in [1.807, 2.05) is 60.1 Å². The fourth-order valence-electron chi connectivity index (χ4n) is 4.11. The van der Waals surface area contributed by atoms with E-state index in [0.717, 1.165) is 36.6 Å². The van der Waals surface area contributed by atoms with Crippen LogP contribution in [0.15, 0.2) is 48.5 Å². The minimum atomic E-state index is -0.166. The lowest BCUT2D eigenvalue weighted by atomic mass is 10.1. The Kier molecular flexibility index (Phi) is 9.61. The largest absolute Gasteiger partial charge is 0.493 e. The second kappa shape index (κ2) is 12.4. The lowest BCUT2D eigenvalue weighted by molar-refractivity contribution is 0.102. The number of aromatic nitrogens is 2. The van der Waals surface area contributed by atoms with Gasteiger partial charge in [0.15, 0.2) is 5.82 Å². The first-order chi connectivity index (χ1) is 16.4. The number of ether oxygens (including phenoxy) is 1. The van der Waals surface area contributed by atoms with E-state index in [-0.39, 0.29) is 18.3 Å². The molecule has 1 aliphatic rings. The Labute approximate surface area is 219 Å². The zero-order valence-electron chi connectivity index (χ0n) is 20.6. The number of aryl methyl sites for hydroxylation is 1. The van der Waals surface area contributed by atoms with E-state index in [9.17, 15) is 4.79 Å². The number of carbonyl (C=O) groups is 1. The highest BCUT2D eigenvalue weighted by molar-refractivity contribution is 6.30. The summed E-state index contributed by atoms with van der Waals surface area (Å²) in [6.45, 7) is 10.6. The zero-order chi connectivity index (χ0) is 24.1. The molecule has 0 atom stereocenters. The highest BCUT2D eigenvalue weighted by Crippen LogP contribution is 2.25. The van der Waals surface area contributed by atoms with Crippen molar-refractivity contribution in [1.29, 1.82) is 0 Å². The Morgan fingerprint density at radius 3 is 2.49 bits per heavy atom. The van der Waals surface area contributed by atoms with Crippen LogP contribution in [0.4, 0.5) is 5.82 Å². The predicted octanol–water partition coefficient (Wildman–Crippen LogP) is 6.20. The molecule has 188 valence electrons. The Morgan fingerprint density at radius 2 is 1.80 bits per heavy atom. The normalized spacial score (nSPS) is 13.6. The van der Waals surface area contributed by atoms with E-state index >= 15 is 0 Å². The van der Waals surface area contributed by atoms with Crippen molar-refractivity contribution < 1.29 is 9.53 Å². The molecule has 8 heteroatoms. The molecule has 6 nitrogen and oxygen atoms in total. The molecule has 1 aromatic heterocycles. The Bertz CT molecular complexity index is 1120. The van der Waals surface area contributed by atoms with Crippen molar-refractivity contribution in [3.8, 4) is 5.75 Å². The van der Waals surface area contributed by atoms with Crippen molar-refractivity contribution in [3.63, 3.8) is 0 Å². The van der Waals surface area contributed by atoms with Gasteiger partial charge in [-0.2, -0.15) is 5.10 Å². The number of likely N-dealkylation sites (tertiary alicyclic amines) is 1. The first-order valence-electron chi connectivity index (χ1n) is 12.0. The SMILES string of the molecule is Cc1cc(NC(=O)c2ccc(CN3CCCC3)cc2)nn1Cc1cc(Cl)ccc1OCC(C)C.Cl. The van der Waals surface area contributed by atoms with E-state index in [2.05, 4.69) is 29.2 Å². The van der Waals surface area contributed by atoms with Gasteiger partial charge in [0.05, 0.1) is 13.2 Å². The molecule has 2 aromatic carbocycles. The molecule has 1 saturated heterocycles. The number of nitrogens with zero attached hydrogens (tertiary/aromatic N) is 3. The standard InChI is InChI=1S/C27H33ClN4O2.ClH/c1-19(2)18-34-25-11-10-24(28)15-23(25)17-32-20(3)14-26(30-32)29-27(33)22-8-6-21(7-9-22)16-31-12-4-5-13-31;/h6-11,14-15,19H,4-5,12-13,16-18H2,1-3H3,(H,29,30,33);1H. The van der Waals surface area contributed by atoms with Gasteiger partial charge in [-0.15, -0.1) is 12.4 Å². The van der Waals surface area contributed by atoms with E-state index in [0.29, 0.717) is 35.5 Å². The Balaban J connectivity index is 0.00000342. The van der Waals surface area contributed by atoms with Crippen molar-refractivity contribution in [1.82, 2.24) is 14.7 Å². The molecule has 0 saturated carbocycles. The first kappa shape index (κ1) is 27.1. The van der Waals surface area contributed by atoms with Gasteiger partial charge in [0.1, 0.15) is 5.75 Å². The van der Waals surface area contributed by atoms with Gasteiger partial charge in [-0.05, 0) is 74.7 Å². The van der Waals surface area contributed by atoms with Crippen LogP contribution in [0.3, 0.4) is 0 Å². The summed E-state index contributed by atoms with van der Waals surface area (Å²) < 4.78 is 7.82. The summed E-state index contributed by atoms with van der Waals surface area (Å²) in [6, 6.07) is 15.3. The van der Waals surface area contributed by atoms with Crippen LogP contribution >= 0.6 is 24.0 Å². The van der Waals surface area contributed by atoms with Gasteiger partial charge < -0.3 is 10.1 Å². The predicted molar refractivity (Wildman–Crippen MR) is 144 cm³/mol. The second-order valence-electron chi connectivity index (χ2n) is 9.42. The van der Waals surface area contributed by atoms with Crippen LogP contribution in [0.2, 0.25) is 5.02 Å². The summed E-state index contributed by atoms with van der Waals surface area (Å²) in [5.41, 5.74) is 3.74. The fourth-order valence-corrected chi connectivity index (χ4v) is 4.31. The summed E-state index contributed by atoms with van der Waals surface area (Å²) in [4.78, 5) is 15.2. The van der Waals surface area contributed by atoms with Gasteiger partial charge in [0.25, 0.3) is 5.91 Å². The maximum Gasteiger partial charge on any atom is 0.256 e. The van der Waals surface area contributed by atoms with E-state index in [1.54, 1.807) is 0 Å². The van der Waals surface area contributed by atoms with E-state index in [4.69, 9.17) is 16.3 Å². The smallest absolute Gasteiger partial charge is 0.256 e. The van der Waals surface area contributed by atoms with Crippen LogP contribution in [0.5, 0.6) is 5.75 Å². The van der Waals surface area contributed by atoms with Crippen LogP contribution in [0.25, 0.3) is 0 Å². The van der Waals surface area contributed by atoms with Gasteiger partial charge >= 0.3 is 0 Å². The first-order valence-corrected chi connectivity index (χ1v) is 12.3. The summed E-state index contributed by atoms with van der Waals surface area (Å²) in [6.07, 6.45) is 2.55. The number of carbonyl (C=O) groups excluding carboxylic acids is 1. The molecule has 0 unspecified atom stereocenters. The molecule has 0 bridgehead atoms. The summed E-state index contributed by atoms with van der Waals surface area (Å²) in [5.74, 6) is 1.58. The van der Waals surface area contributed by atoms with Crippen molar-refractivity contribution in [3.05, 3.63) is 75.9 Å². The lowest BCUT2D eigenvalue weighted by Crippen LogP contribution is -2.18. The summed E-state index contributed by atoms with van der Waals surface area (Å²) in [7, 11) is 0. The number of hydrogen-bond donors (Lipinski definition) is 1. The lowest BCUT2D eigenvalue weighted by Gasteiger charge is -2.14. The Morgan fingerprint density at radius 1 is 1.09 bits per heavy atom. The monoisotopic (exact) mass is 516 g/mol. The summed E-state index contributed by atoms with van der Waals surface area (Å²) >= 11 is 6.24. The number of halogens is 2. The maximum absolute atomic E-state index is 12.8. The van der Waals surface area contributed by atoms with Crippen LogP contribution in [0.1, 0.15) is 53.9 Å².